The van der Waals surface area contributed by atoms with Crippen LogP contribution in [0.4, 0.5) is 0 Å². The number of carbonyl (C=O) groups excluding carboxylic acids is 3. The average Bonchev–Trinajstić information content (AvgIpc) is 3.23. The molecule has 3 amide bonds. The van der Waals surface area contributed by atoms with E-state index in [4.69, 9.17) is 5.73 Å². The van der Waals surface area contributed by atoms with E-state index in [0.717, 1.165) is 31.6 Å². The van der Waals surface area contributed by atoms with Gasteiger partial charge in [-0.3, -0.25) is 14.4 Å². The Labute approximate surface area is 172 Å². The number of hydrogen-bond acceptors (Lipinski definition) is 5. The Kier molecular flexibility index (Phi) is 9.59. The first-order chi connectivity index (χ1) is 14.0. The van der Waals surface area contributed by atoms with Gasteiger partial charge in [0.2, 0.25) is 11.8 Å². The van der Waals surface area contributed by atoms with E-state index in [-0.39, 0.29) is 12.5 Å². The second-order valence-corrected chi connectivity index (χ2v) is 7.39. The van der Waals surface area contributed by atoms with Crippen LogP contribution in [0.1, 0.15) is 48.5 Å². The van der Waals surface area contributed by atoms with E-state index in [1.54, 1.807) is 19.1 Å². The fourth-order valence-electron chi connectivity index (χ4n) is 3.33. The second-order valence-electron chi connectivity index (χ2n) is 7.39. The van der Waals surface area contributed by atoms with Gasteiger partial charge < -0.3 is 26.6 Å². The quantitative estimate of drug-likeness (QED) is 0.376. The molecule has 8 nitrogen and oxygen atoms in total. The van der Waals surface area contributed by atoms with Crippen molar-refractivity contribution in [2.24, 2.45) is 5.73 Å². The third-order valence-corrected chi connectivity index (χ3v) is 5.04. The highest BCUT2D eigenvalue weighted by Gasteiger charge is 2.19. The van der Waals surface area contributed by atoms with E-state index in [1.807, 2.05) is 12.1 Å². The molecule has 1 fully saturated rings. The van der Waals surface area contributed by atoms with Crippen LogP contribution in [0.2, 0.25) is 0 Å². The largest absolute Gasteiger partial charge is 0.368 e. The lowest BCUT2D eigenvalue weighted by molar-refractivity contribution is -0.126. The van der Waals surface area contributed by atoms with Crippen LogP contribution in [-0.2, 0) is 16.1 Å². The summed E-state index contributed by atoms with van der Waals surface area (Å²) in [5.41, 5.74) is 6.62. The molecule has 1 aliphatic rings. The fraction of sp³-hybridized carbons (Fsp3) is 0.571. The van der Waals surface area contributed by atoms with Crippen LogP contribution in [0.3, 0.4) is 0 Å². The summed E-state index contributed by atoms with van der Waals surface area (Å²) in [5.74, 6) is -1.37. The number of nitrogens with one attached hydrogen (secondary N) is 3. The molecule has 0 radical (unpaired) electrons. The van der Waals surface area contributed by atoms with Gasteiger partial charge in [-0.2, -0.15) is 0 Å². The Morgan fingerprint density at radius 3 is 2.45 bits per heavy atom. The predicted octanol–water partition coefficient (Wildman–Crippen LogP) is 0.372. The van der Waals surface area contributed by atoms with E-state index >= 15 is 0 Å². The molecule has 0 saturated carbocycles. The molecule has 1 atom stereocenters. The van der Waals surface area contributed by atoms with E-state index < -0.39 is 17.9 Å². The van der Waals surface area contributed by atoms with Crippen molar-refractivity contribution < 1.29 is 14.4 Å². The summed E-state index contributed by atoms with van der Waals surface area (Å²) in [6, 6.07) is 6.63. The first-order valence-corrected chi connectivity index (χ1v) is 10.4. The third-order valence-electron chi connectivity index (χ3n) is 5.04. The van der Waals surface area contributed by atoms with E-state index in [1.165, 1.54) is 25.9 Å². The topological polar surface area (TPSA) is 117 Å². The van der Waals surface area contributed by atoms with Crippen LogP contribution in [0.5, 0.6) is 0 Å². The summed E-state index contributed by atoms with van der Waals surface area (Å²) in [7, 11) is 0. The zero-order chi connectivity index (χ0) is 21.1. The Morgan fingerprint density at radius 1 is 1.14 bits per heavy atom. The summed E-state index contributed by atoms with van der Waals surface area (Å²) >= 11 is 0. The van der Waals surface area contributed by atoms with Crippen LogP contribution in [0, 0.1) is 0 Å². The van der Waals surface area contributed by atoms with E-state index in [9.17, 15) is 14.4 Å². The van der Waals surface area contributed by atoms with Crippen LogP contribution < -0.4 is 21.7 Å². The van der Waals surface area contributed by atoms with Crippen LogP contribution in [0.15, 0.2) is 24.3 Å². The van der Waals surface area contributed by atoms with Gasteiger partial charge in [0.1, 0.15) is 6.04 Å². The molecule has 1 saturated heterocycles. The van der Waals surface area contributed by atoms with Crippen LogP contribution >= 0.6 is 0 Å². The average molecular weight is 404 g/mol. The summed E-state index contributed by atoms with van der Waals surface area (Å²) < 4.78 is 0. The summed E-state index contributed by atoms with van der Waals surface area (Å²) in [6.45, 7) is 6.88. The van der Waals surface area contributed by atoms with Crippen molar-refractivity contribution in [1.29, 1.82) is 0 Å². The highest BCUT2D eigenvalue weighted by atomic mass is 16.2. The van der Waals surface area contributed by atoms with Gasteiger partial charge in [-0.25, -0.2) is 0 Å². The number of amides is 3. The molecule has 1 unspecified atom stereocenters. The molecule has 0 aromatic heterocycles. The van der Waals surface area contributed by atoms with Gasteiger partial charge in [0.15, 0.2) is 0 Å². The maximum absolute atomic E-state index is 12.4. The molecule has 0 bridgehead atoms. The molecule has 0 spiro atoms. The van der Waals surface area contributed by atoms with Gasteiger partial charge >= 0.3 is 0 Å². The minimum absolute atomic E-state index is 0.245. The predicted molar refractivity (Wildman–Crippen MR) is 112 cm³/mol. The van der Waals surface area contributed by atoms with E-state index in [2.05, 4.69) is 20.9 Å². The number of benzene rings is 1. The van der Waals surface area contributed by atoms with Gasteiger partial charge in [-0.1, -0.05) is 19.1 Å². The number of nitrogens with zero attached hydrogens (tertiary/aromatic N) is 1. The van der Waals surface area contributed by atoms with Crippen molar-refractivity contribution in [3.05, 3.63) is 35.4 Å². The van der Waals surface area contributed by atoms with Crippen molar-refractivity contribution in [3.8, 4) is 0 Å². The Hall–Kier alpha value is -2.45. The molecule has 29 heavy (non-hydrogen) atoms. The number of nitrogens with two attached hydrogens (primary N) is 1. The van der Waals surface area contributed by atoms with Gasteiger partial charge in [0.05, 0.1) is 6.54 Å². The Bertz CT molecular complexity index is 671. The molecule has 0 aliphatic carbocycles. The highest BCUT2D eigenvalue weighted by molar-refractivity contribution is 5.98. The molecule has 1 aliphatic heterocycles. The zero-order valence-electron chi connectivity index (χ0n) is 17.2. The smallest absolute Gasteiger partial charge is 0.251 e. The van der Waals surface area contributed by atoms with Crippen molar-refractivity contribution in [1.82, 2.24) is 20.9 Å². The first-order valence-electron chi connectivity index (χ1n) is 10.4. The molecular formula is C21H33N5O3. The lowest BCUT2D eigenvalue weighted by Gasteiger charge is -2.16. The Balaban J connectivity index is 1.72. The van der Waals surface area contributed by atoms with Gasteiger partial charge in [0, 0.05) is 12.1 Å². The molecule has 1 aromatic carbocycles. The third kappa shape index (κ3) is 8.21. The number of likely N-dealkylation sites (tertiary alicyclic amines) is 1. The summed E-state index contributed by atoms with van der Waals surface area (Å²) in [6.07, 6.45) is 4.20. The van der Waals surface area contributed by atoms with Crippen molar-refractivity contribution >= 4 is 17.7 Å². The number of rotatable bonds is 12. The van der Waals surface area contributed by atoms with Crippen molar-refractivity contribution in [2.75, 3.05) is 32.7 Å². The summed E-state index contributed by atoms with van der Waals surface area (Å²) in [5, 5.41) is 8.54. The molecule has 5 N–H and O–H groups in total. The maximum atomic E-state index is 12.4. The van der Waals surface area contributed by atoms with Crippen LogP contribution in [-0.4, -0.2) is 61.4 Å². The standard InChI is InChI=1S/C21H33N5O3/c1-2-18(21(29)24-15-19(22)27)25-20(28)17-8-6-16(7-9-17)14-23-10-5-13-26-11-3-4-12-26/h6-9,18,23H,2-5,10-15H2,1H3,(H2,22,27)(H,24,29)(H,25,28). The zero-order valence-corrected chi connectivity index (χ0v) is 17.2. The lowest BCUT2D eigenvalue weighted by atomic mass is 10.1. The van der Waals surface area contributed by atoms with Crippen molar-refractivity contribution in [3.63, 3.8) is 0 Å². The van der Waals surface area contributed by atoms with Gasteiger partial charge in [-0.15, -0.1) is 0 Å². The Morgan fingerprint density at radius 2 is 1.83 bits per heavy atom. The summed E-state index contributed by atoms with van der Waals surface area (Å²) in [4.78, 5) is 37.7. The molecule has 1 aromatic rings. The highest BCUT2D eigenvalue weighted by Crippen LogP contribution is 2.08. The van der Waals surface area contributed by atoms with E-state index in [0.29, 0.717) is 12.0 Å². The fourth-order valence-corrected chi connectivity index (χ4v) is 3.33. The molecule has 8 heteroatoms. The number of primary amides is 1. The first kappa shape index (κ1) is 22.8. The SMILES string of the molecule is CCC(NC(=O)c1ccc(CNCCCN2CCCC2)cc1)C(=O)NCC(N)=O. The number of hydrogen-bond donors (Lipinski definition) is 4. The molecule has 1 heterocycles. The minimum Gasteiger partial charge on any atom is -0.368 e. The monoisotopic (exact) mass is 403 g/mol. The molecular weight excluding hydrogens is 370 g/mol. The van der Waals surface area contributed by atoms with Crippen molar-refractivity contribution in [2.45, 2.75) is 45.2 Å². The maximum Gasteiger partial charge on any atom is 0.251 e. The molecule has 160 valence electrons. The number of carbonyl (C=O) groups is 3. The lowest BCUT2D eigenvalue weighted by Crippen LogP contribution is -2.48. The normalized spacial score (nSPS) is 15.1. The second kappa shape index (κ2) is 12.2. The molecule has 2 rings (SSSR count). The van der Waals surface area contributed by atoms with Gasteiger partial charge in [0.25, 0.3) is 5.91 Å². The van der Waals surface area contributed by atoms with Crippen LogP contribution in [0.25, 0.3) is 0 Å². The minimum atomic E-state index is -0.709. The van der Waals surface area contributed by atoms with Gasteiger partial charge in [-0.05, 0) is 69.6 Å².